The number of carbonyl (C=O) groups is 1. The molecule has 1 amide bonds. The van der Waals surface area contributed by atoms with E-state index in [2.05, 4.69) is 5.32 Å². The quantitative estimate of drug-likeness (QED) is 0.502. The summed E-state index contributed by atoms with van der Waals surface area (Å²) < 4.78 is 28.0. The number of anilines is 1. The van der Waals surface area contributed by atoms with E-state index in [0.29, 0.717) is 10.7 Å². The summed E-state index contributed by atoms with van der Waals surface area (Å²) in [6.45, 7) is 7.46. The number of aryl methyl sites for hydroxylation is 4. The number of amides is 1. The van der Waals surface area contributed by atoms with E-state index >= 15 is 0 Å². The summed E-state index contributed by atoms with van der Waals surface area (Å²) in [7, 11) is -3.90. The van der Waals surface area contributed by atoms with E-state index < -0.39 is 15.9 Å². The number of sulfonamides is 1. The second-order valence-corrected chi connectivity index (χ2v) is 10.4. The van der Waals surface area contributed by atoms with Crippen LogP contribution in [0.1, 0.15) is 27.8 Å². The molecule has 0 fully saturated rings. The molecule has 1 N–H and O–H groups in total. The van der Waals surface area contributed by atoms with Crippen LogP contribution in [0, 0.1) is 27.7 Å². The Labute approximate surface area is 195 Å². The largest absolute Gasteiger partial charge is 0.324 e. The van der Waals surface area contributed by atoms with E-state index in [1.165, 1.54) is 4.31 Å². The summed E-state index contributed by atoms with van der Waals surface area (Å²) in [5.41, 5.74) is 5.36. The van der Waals surface area contributed by atoms with Gasteiger partial charge in [-0.15, -0.1) is 0 Å². The SMILES string of the molecule is Cc1ccc(S(=O)(=O)N(CC(=O)Nc2c(C)cc(C)cc2C)Cc2ccc(Cl)cc2)cc1. The number of benzene rings is 3. The third-order valence-corrected chi connectivity index (χ3v) is 7.25. The molecule has 0 aliphatic rings. The fourth-order valence-electron chi connectivity index (χ4n) is 3.59. The van der Waals surface area contributed by atoms with Gasteiger partial charge in [-0.2, -0.15) is 4.31 Å². The first-order chi connectivity index (χ1) is 15.1. The summed E-state index contributed by atoms with van der Waals surface area (Å²) in [5, 5.41) is 3.46. The van der Waals surface area contributed by atoms with Gasteiger partial charge in [-0.05, 0) is 68.7 Å². The Morgan fingerprint density at radius 1 is 0.875 bits per heavy atom. The molecule has 0 radical (unpaired) electrons. The Morgan fingerprint density at radius 2 is 1.44 bits per heavy atom. The molecule has 0 atom stereocenters. The number of hydrogen-bond acceptors (Lipinski definition) is 3. The maximum absolute atomic E-state index is 13.4. The van der Waals surface area contributed by atoms with Crippen molar-refractivity contribution >= 4 is 33.2 Å². The summed E-state index contributed by atoms with van der Waals surface area (Å²) in [5.74, 6) is -0.398. The number of halogens is 1. The lowest BCUT2D eigenvalue weighted by molar-refractivity contribution is -0.116. The van der Waals surface area contributed by atoms with Gasteiger partial charge < -0.3 is 5.32 Å². The molecule has 0 spiro atoms. The van der Waals surface area contributed by atoms with E-state index in [0.717, 1.165) is 27.8 Å². The molecule has 32 heavy (non-hydrogen) atoms. The second kappa shape index (κ2) is 9.86. The number of nitrogens with one attached hydrogen (secondary N) is 1. The van der Waals surface area contributed by atoms with Crippen LogP contribution in [0.3, 0.4) is 0 Å². The molecule has 0 saturated carbocycles. The molecule has 5 nitrogen and oxygen atoms in total. The highest BCUT2D eigenvalue weighted by Crippen LogP contribution is 2.23. The normalized spacial score (nSPS) is 11.6. The van der Waals surface area contributed by atoms with Crippen molar-refractivity contribution in [1.82, 2.24) is 4.31 Å². The Hall–Kier alpha value is -2.67. The van der Waals surface area contributed by atoms with E-state index in [9.17, 15) is 13.2 Å². The summed E-state index contributed by atoms with van der Waals surface area (Å²) in [6.07, 6.45) is 0. The van der Waals surface area contributed by atoms with Gasteiger partial charge in [0.15, 0.2) is 0 Å². The van der Waals surface area contributed by atoms with Crippen molar-refractivity contribution in [2.75, 3.05) is 11.9 Å². The molecule has 0 unspecified atom stereocenters. The molecule has 0 aliphatic heterocycles. The summed E-state index contributed by atoms with van der Waals surface area (Å²) in [6, 6.07) is 17.5. The van der Waals surface area contributed by atoms with Gasteiger partial charge in [-0.1, -0.05) is 59.1 Å². The topological polar surface area (TPSA) is 66.5 Å². The first-order valence-electron chi connectivity index (χ1n) is 10.3. The monoisotopic (exact) mass is 470 g/mol. The van der Waals surface area contributed by atoms with Gasteiger partial charge in [-0.25, -0.2) is 8.42 Å². The van der Waals surface area contributed by atoms with Crippen molar-refractivity contribution in [3.63, 3.8) is 0 Å². The highest BCUT2D eigenvalue weighted by Gasteiger charge is 2.27. The predicted octanol–water partition coefficient (Wildman–Crippen LogP) is 5.40. The molecule has 0 heterocycles. The van der Waals surface area contributed by atoms with Gasteiger partial charge in [0.05, 0.1) is 11.4 Å². The third kappa shape index (κ3) is 5.76. The van der Waals surface area contributed by atoms with Crippen LogP contribution in [-0.2, 0) is 21.4 Å². The highest BCUT2D eigenvalue weighted by atomic mass is 35.5. The minimum atomic E-state index is -3.90. The van der Waals surface area contributed by atoms with Crippen LogP contribution in [0.4, 0.5) is 5.69 Å². The number of carbonyl (C=O) groups excluding carboxylic acids is 1. The Morgan fingerprint density at radius 3 is 2.00 bits per heavy atom. The van der Waals surface area contributed by atoms with Gasteiger partial charge in [0.2, 0.25) is 15.9 Å². The zero-order chi connectivity index (χ0) is 23.5. The van der Waals surface area contributed by atoms with Crippen LogP contribution in [0.2, 0.25) is 5.02 Å². The van der Waals surface area contributed by atoms with Crippen LogP contribution in [-0.4, -0.2) is 25.2 Å². The lowest BCUT2D eigenvalue weighted by Crippen LogP contribution is -2.37. The van der Waals surface area contributed by atoms with Gasteiger partial charge >= 0.3 is 0 Å². The van der Waals surface area contributed by atoms with Gasteiger partial charge in [0.25, 0.3) is 0 Å². The second-order valence-electron chi connectivity index (χ2n) is 8.03. The predicted molar refractivity (Wildman–Crippen MR) is 130 cm³/mol. The summed E-state index contributed by atoms with van der Waals surface area (Å²) >= 11 is 5.97. The molecule has 0 saturated heterocycles. The van der Waals surface area contributed by atoms with E-state index in [1.54, 1.807) is 48.5 Å². The first-order valence-corrected chi connectivity index (χ1v) is 12.1. The molecule has 3 rings (SSSR count). The molecule has 3 aromatic carbocycles. The summed E-state index contributed by atoms with van der Waals surface area (Å²) in [4.78, 5) is 13.1. The van der Waals surface area contributed by atoms with Crippen molar-refractivity contribution < 1.29 is 13.2 Å². The zero-order valence-corrected chi connectivity index (χ0v) is 20.2. The van der Waals surface area contributed by atoms with Gasteiger partial charge in [0, 0.05) is 17.3 Å². The Kier molecular flexibility index (Phi) is 7.39. The Balaban J connectivity index is 1.90. The fraction of sp³-hybridized carbons (Fsp3) is 0.240. The van der Waals surface area contributed by atoms with Crippen molar-refractivity contribution in [3.8, 4) is 0 Å². The molecule has 0 aromatic heterocycles. The first kappa shape index (κ1) is 24.0. The van der Waals surface area contributed by atoms with Crippen LogP contribution in [0.5, 0.6) is 0 Å². The minimum Gasteiger partial charge on any atom is -0.324 e. The molecule has 3 aromatic rings. The van der Waals surface area contributed by atoms with Crippen molar-refractivity contribution in [3.05, 3.63) is 93.5 Å². The minimum absolute atomic E-state index is 0.0483. The fourth-order valence-corrected chi connectivity index (χ4v) is 5.11. The Bertz CT molecular complexity index is 1200. The average Bonchev–Trinajstić information content (AvgIpc) is 2.72. The van der Waals surface area contributed by atoms with Crippen molar-refractivity contribution in [2.24, 2.45) is 0 Å². The molecular formula is C25H27ClN2O3S. The lowest BCUT2D eigenvalue weighted by atomic mass is 10.1. The van der Waals surface area contributed by atoms with E-state index in [4.69, 9.17) is 11.6 Å². The maximum Gasteiger partial charge on any atom is 0.243 e. The molecule has 0 bridgehead atoms. The number of hydrogen-bond donors (Lipinski definition) is 1. The van der Waals surface area contributed by atoms with Crippen LogP contribution in [0.25, 0.3) is 0 Å². The highest BCUT2D eigenvalue weighted by molar-refractivity contribution is 7.89. The van der Waals surface area contributed by atoms with Gasteiger partial charge in [-0.3, -0.25) is 4.79 Å². The average molecular weight is 471 g/mol. The molecule has 7 heteroatoms. The standard InChI is InChI=1S/C25H27ClN2O3S/c1-17-5-11-23(12-6-17)32(30,31)28(15-21-7-9-22(26)10-8-21)16-24(29)27-25-19(3)13-18(2)14-20(25)4/h5-14H,15-16H2,1-4H3,(H,27,29). The smallest absolute Gasteiger partial charge is 0.243 e. The lowest BCUT2D eigenvalue weighted by Gasteiger charge is -2.23. The number of nitrogens with zero attached hydrogens (tertiary/aromatic N) is 1. The zero-order valence-electron chi connectivity index (χ0n) is 18.6. The van der Waals surface area contributed by atoms with E-state index in [-0.39, 0.29) is 18.0 Å². The van der Waals surface area contributed by atoms with E-state index in [1.807, 2.05) is 39.8 Å². The van der Waals surface area contributed by atoms with Crippen LogP contribution >= 0.6 is 11.6 Å². The van der Waals surface area contributed by atoms with Crippen molar-refractivity contribution in [1.29, 1.82) is 0 Å². The van der Waals surface area contributed by atoms with Crippen LogP contribution < -0.4 is 5.32 Å². The third-order valence-electron chi connectivity index (χ3n) is 5.19. The van der Waals surface area contributed by atoms with Gasteiger partial charge in [0.1, 0.15) is 0 Å². The van der Waals surface area contributed by atoms with Crippen molar-refractivity contribution in [2.45, 2.75) is 39.1 Å². The molecule has 168 valence electrons. The number of rotatable bonds is 7. The maximum atomic E-state index is 13.4. The van der Waals surface area contributed by atoms with Crippen LogP contribution in [0.15, 0.2) is 65.6 Å². The molecular weight excluding hydrogens is 444 g/mol. The molecule has 0 aliphatic carbocycles.